The molecule has 1 N–H and O–H groups in total. The summed E-state index contributed by atoms with van der Waals surface area (Å²) in [5.41, 5.74) is 3.83. The predicted molar refractivity (Wildman–Crippen MR) is 75.9 cm³/mol. The lowest BCUT2D eigenvalue weighted by atomic mass is 9.85. The monoisotopic (exact) mass is 243 g/mol. The van der Waals surface area contributed by atoms with E-state index in [9.17, 15) is 0 Å². The first-order valence-electron chi connectivity index (χ1n) is 6.36. The molecule has 0 amide bonds. The van der Waals surface area contributed by atoms with E-state index in [1.54, 1.807) is 12.5 Å². The molecule has 0 bridgehead atoms. The minimum atomic E-state index is 0.139. The molecule has 18 heavy (non-hydrogen) atoms. The van der Waals surface area contributed by atoms with Crippen molar-refractivity contribution < 1.29 is 4.42 Å². The van der Waals surface area contributed by atoms with E-state index in [-0.39, 0.29) is 11.5 Å². The highest BCUT2D eigenvalue weighted by atomic mass is 16.3. The third kappa shape index (κ3) is 2.76. The highest BCUT2D eigenvalue weighted by molar-refractivity contribution is 5.55. The van der Waals surface area contributed by atoms with Crippen LogP contribution in [0.2, 0.25) is 0 Å². The Morgan fingerprint density at radius 3 is 2.44 bits per heavy atom. The Labute approximate surface area is 109 Å². The van der Waals surface area contributed by atoms with Crippen LogP contribution in [0.3, 0.4) is 0 Å². The molecule has 1 aromatic carbocycles. The van der Waals surface area contributed by atoms with Crippen molar-refractivity contribution in [3.8, 4) is 0 Å². The van der Waals surface area contributed by atoms with Crippen molar-refractivity contribution in [2.75, 3.05) is 5.32 Å². The molecule has 2 rings (SSSR count). The maximum Gasteiger partial charge on any atom is 0.0955 e. The first kappa shape index (κ1) is 12.7. The van der Waals surface area contributed by atoms with E-state index in [0.717, 1.165) is 0 Å². The molecule has 1 aromatic heterocycles. The molecule has 2 nitrogen and oxygen atoms in total. The molecule has 2 heteroatoms. The third-order valence-corrected chi connectivity index (χ3v) is 3.15. The summed E-state index contributed by atoms with van der Waals surface area (Å²) in [6.07, 6.45) is 3.50. The topological polar surface area (TPSA) is 25.2 Å². The number of nitrogens with one attached hydrogen (secondary N) is 1. The summed E-state index contributed by atoms with van der Waals surface area (Å²) in [7, 11) is 0. The summed E-state index contributed by atoms with van der Waals surface area (Å²) >= 11 is 0. The molecule has 2 aromatic rings. The van der Waals surface area contributed by atoms with E-state index in [1.807, 2.05) is 6.07 Å². The summed E-state index contributed by atoms with van der Waals surface area (Å²) in [6.45, 7) is 8.84. The zero-order chi connectivity index (χ0) is 13.2. The molecule has 0 spiro atoms. The Balaban J connectivity index is 2.24. The van der Waals surface area contributed by atoms with Crippen molar-refractivity contribution in [3.63, 3.8) is 0 Å². The van der Waals surface area contributed by atoms with E-state index in [4.69, 9.17) is 4.42 Å². The second-order valence-corrected chi connectivity index (χ2v) is 5.72. The molecule has 0 radical (unpaired) electrons. The van der Waals surface area contributed by atoms with Gasteiger partial charge in [0.1, 0.15) is 0 Å². The Hall–Kier alpha value is -1.70. The fourth-order valence-electron chi connectivity index (χ4n) is 2.10. The molecule has 1 heterocycles. The van der Waals surface area contributed by atoms with E-state index in [0.29, 0.717) is 0 Å². The Bertz CT molecular complexity index is 494. The molecule has 96 valence electrons. The maximum atomic E-state index is 5.13. The fraction of sp³-hybridized carbons (Fsp3) is 0.375. The van der Waals surface area contributed by atoms with Crippen molar-refractivity contribution >= 4 is 5.69 Å². The van der Waals surface area contributed by atoms with Gasteiger partial charge in [-0.05, 0) is 30.0 Å². The van der Waals surface area contributed by atoms with Crippen LogP contribution in [0.1, 0.15) is 44.9 Å². The average Bonchev–Trinajstić information content (AvgIpc) is 2.81. The minimum Gasteiger partial charge on any atom is -0.472 e. The number of rotatable bonds is 3. The summed E-state index contributed by atoms with van der Waals surface area (Å²) in [6, 6.07) is 10.7. The lowest BCUT2D eigenvalue weighted by Gasteiger charge is -2.25. The van der Waals surface area contributed by atoms with Crippen LogP contribution in [0.15, 0.2) is 47.3 Å². The molecule has 0 aliphatic rings. The second kappa shape index (κ2) is 4.89. The van der Waals surface area contributed by atoms with E-state index < -0.39 is 0 Å². The molecule has 0 fully saturated rings. The number of benzene rings is 1. The average molecular weight is 243 g/mol. The van der Waals surface area contributed by atoms with Crippen LogP contribution < -0.4 is 5.32 Å². The minimum absolute atomic E-state index is 0.139. The Morgan fingerprint density at radius 2 is 1.83 bits per heavy atom. The molecular formula is C16H21NO. The molecule has 0 aliphatic heterocycles. The zero-order valence-corrected chi connectivity index (χ0v) is 11.5. The van der Waals surface area contributed by atoms with Crippen LogP contribution in [0.5, 0.6) is 0 Å². The predicted octanol–water partition coefficient (Wildman–Crippen LogP) is 4.75. The van der Waals surface area contributed by atoms with Crippen molar-refractivity contribution in [1.82, 2.24) is 0 Å². The first-order chi connectivity index (χ1) is 8.48. The van der Waals surface area contributed by atoms with E-state index in [2.05, 4.69) is 57.3 Å². The van der Waals surface area contributed by atoms with Crippen molar-refractivity contribution in [3.05, 3.63) is 54.0 Å². The molecule has 1 unspecified atom stereocenters. The number of furan rings is 1. The van der Waals surface area contributed by atoms with Crippen LogP contribution in [0, 0.1) is 0 Å². The largest absolute Gasteiger partial charge is 0.472 e. The highest BCUT2D eigenvalue weighted by Crippen LogP contribution is 2.31. The molecule has 0 aliphatic carbocycles. The van der Waals surface area contributed by atoms with Crippen LogP contribution in [0.25, 0.3) is 0 Å². The number of anilines is 1. The number of hydrogen-bond donors (Lipinski definition) is 1. The van der Waals surface area contributed by atoms with E-state index in [1.165, 1.54) is 16.8 Å². The molecule has 1 atom stereocenters. The summed E-state index contributed by atoms with van der Waals surface area (Å²) in [5, 5.41) is 3.56. The highest BCUT2D eigenvalue weighted by Gasteiger charge is 2.18. The van der Waals surface area contributed by atoms with Gasteiger partial charge in [-0.25, -0.2) is 0 Å². The Morgan fingerprint density at radius 1 is 1.11 bits per heavy atom. The van der Waals surface area contributed by atoms with Crippen molar-refractivity contribution in [2.45, 2.75) is 39.2 Å². The van der Waals surface area contributed by atoms with Gasteiger partial charge in [0.25, 0.3) is 0 Å². The van der Waals surface area contributed by atoms with Gasteiger partial charge in [0, 0.05) is 11.3 Å². The van der Waals surface area contributed by atoms with Gasteiger partial charge in [-0.2, -0.15) is 0 Å². The summed E-state index contributed by atoms with van der Waals surface area (Å²) < 4.78 is 5.13. The third-order valence-electron chi connectivity index (χ3n) is 3.15. The summed E-state index contributed by atoms with van der Waals surface area (Å²) in [5.74, 6) is 0. The maximum absolute atomic E-state index is 5.13. The second-order valence-electron chi connectivity index (χ2n) is 5.72. The molecule has 0 saturated heterocycles. The van der Waals surface area contributed by atoms with Gasteiger partial charge in [0.05, 0.1) is 18.6 Å². The standard InChI is InChI=1S/C16H21NO/c1-12(13-9-10-18-11-13)17-15-8-6-5-7-14(15)16(2,3)4/h5-12,17H,1-4H3. The van der Waals surface area contributed by atoms with Gasteiger partial charge in [0.15, 0.2) is 0 Å². The first-order valence-corrected chi connectivity index (χ1v) is 6.36. The quantitative estimate of drug-likeness (QED) is 0.841. The van der Waals surface area contributed by atoms with Crippen LogP contribution in [0.4, 0.5) is 5.69 Å². The van der Waals surface area contributed by atoms with Crippen LogP contribution in [-0.2, 0) is 5.41 Å². The van der Waals surface area contributed by atoms with Crippen molar-refractivity contribution in [2.24, 2.45) is 0 Å². The van der Waals surface area contributed by atoms with Crippen LogP contribution >= 0.6 is 0 Å². The number of para-hydroxylation sites is 1. The lowest BCUT2D eigenvalue weighted by molar-refractivity contribution is 0.562. The smallest absolute Gasteiger partial charge is 0.0955 e. The Kier molecular flexibility index (Phi) is 3.46. The van der Waals surface area contributed by atoms with Gasteiger partial charge in [-0.1, -0.05) is 39.0 Å². The zero-order valence-electron chi connectivity index (χ0n) is 11.5. The SMILES string of the molecule is CC(Nc1ccccc1C(C)(C)C)c1ccoc1. The lowest BCUT2D eigenvalue weighted by Crippen LogP contribution is -2.16. The molecular weight excluding hydrogens is 222 g/mol. The van der Waals surface area contributed by atoms with Gasteiger partial charge in [-0.3, -0.25) is 0 Å². The van der Waals surface area contributed by atoms with Gasteiger partial charge in [-0.15, -0.1) is 0 Å². The van der Waals surface area contributed by atoms with Crippen molar-refractivity contribution in [1.29, 1.82) is 0 Å². The van der Waals surface area contributed by atoms with Crippen LogP contribution in [-0.4, -0.2) is 0 Å². The normalized spacial score (nSPS) is 13.3. The van der Waals surface area contributed by atoms with Gasteiger partial charge in [0.2, 0.25) is 0 Å². The fourth-order valence-corrected chi connectivity index (χ4v) is 2.10. The molecule has 0 saturated carbocycles. The van der Waals surface area contributed by atoms with E-state index >= 15 is 0 Å². The number of hydrogen-bond acceptors (Lipinski definition) is 2. The summed E-state index contributed by atoms with van der Waals surface area (Å²) in [4.78, 5) is 0. The van der Waals surface area contributed by atoms with Gasteiger partial charge >= 0.3 is 0 Å². The van der Waals surface area contributed by atoms with Gasteiger partial charge < -0.3 is 9.73 Å².